The molecular formula is C11H16BrN3O4S. The Labute approximate surface area is 126 Å². The van der Waals surface area contributed by atoms with Gasteiger partial charge in [-0.25, -0.2) is 4.98 Å². The molecule has 0 saturated carbocycles. The van der Waals surface area contributed by atoms with E-state index in [0.717, 1.165) is 4.31 Å². The standard InChI is InChI=1S/C11H16BrN3O4S/c1-8-9(4-5-10(12)13-8)14-20(17,18)15(2)7-6-11(16)19-3/h4-5,14H,6-7H2,1-3H3. The minimum Gasteiger partial charge on any atom is -0.469 e. The summed E-state index contributed by atoms with van der Waals surface area (Å²) in [5.41, 5.74) is 0.933. The number of carbonyl (C=O) groups is 1. The first-order valence-electron chi connectivity index (χ1n) is 5.70. The molecule has 0 aliphatic heterocycles. The average molecular weight is 366 g/mol. The van der Waals surface area contributed by atoms with Crippen LogP contribution in [0, 0.1) is 6.92 Å². The maximum absolute atomic E-state index is 12.1. The van der Waals surface area contributed by atoms with E-state index in [4.69, 9.17) is 0 Å². The molecule has 1 rings (SSSR count). The zero-order valence-corrected chi connectivity index (χ0v) is 13.8. The van der Waals surface area contributed by atoms with E-state index in [-0.39, 0.29) is 13.0 Å². The molecule has 20 heavy (non-hydrogen) atoms. The average Bonchev–Trinajstić information content (AvgIpc) is 2.38. The molecule has 1 N–H and O–H groups in total. The molecule has 0 spiro atoms. The van der Waals surface area contributed by atoms with Gasteiger partial charge in [-0.15, -0.1) is 0 Å². The molecule has 0 aromatic carbocycles. The van der Waals surface area contributed by atoms with Gasteiger partial charge in [0.15, 0.2) is 0 Å². The molecule has 0 fully saturated rings. The van der Waals surface area contributed by atoms with Crippen molar-refractivity contribution in [1.82, 2.24) is 9.29 Å². The quantitative estimate of drug-likeness (QED) is 0.606. The van der Waals surface area contributed by atoms with Crippen molar-refractivity contribution >= 4 is 37.8 Å². The number of ether oxygens (including phenoxy) is 1. The second kappa shape index (κ2) is 7.00. The van der Waals surface area contributed by atoms with E-state index < -0.39 is 16.2 Å². The van der Waals surface area contributed by atoms with Crippen LogP contribution in [0.15, 0.2) is 16.7 Å². The van der Waals surface area contributed by atoms with Crippen LogP contribution in [-0.2, 0) is 19.7 Å². The van der Waals surface area contributed by atoms with Crippen molar-refractivity contribution in [3.05, 3.63) is 22.4 Å². The van der Waals surface area contributed by atoms with Crippen molar-refractivity contribution in [3.8, 4) is 0 Å². The van der Waals surface area contributed by atoms with Crippen LogP contribution >= 0.6 is 15.9 Å². The van der Waals surface area contributed by atoms with E-state index in [2.05, 4.69) is 30.4 Å². The van der Waals surface area contributed by atoms with Gasteiger partial charge in [0.1, 0.15) is 4.60 Å². The summed E-state index contributed by atoms with van der Waals surface area (Å²) in [6.45, 7) is 1.72. The molecule has 0 saturated heterocycles. The third kappa shape index (κ3) is 4.73. The lowest BCUT2D eigenvalue weighted by Crippen LogP contribution is -2.34. The number of aryl methyl sites for hydroxylation is 1. The molecule has 0 bridgehead atoms. The summed E-state index contributed by atoms with van der Waals surface area (Å²) in [6, 6.07) is 3.25. The largest absolute Gasteiger partial charge is 0.469 e. The van der Waals surface area contributed by atoms with Gasteiger partial charge in [-0.3, -0.25) is 9.52 Å². The summed E-state index contributed by atoms with van der Waals surface area (Å²) in [5.74, 6) is -0.464. The summed E-state index contributed by atoms with van der Waals surface area (Å²) in [5, 5.41) is 0. The van der Waals surface area contributed by atoms with Crippen LogP contribution in [0.25, 0.3) is 0 Å². The van der Waals surface area contributed by atoms with E-state index in [9.17, 15) is 13.2 Å². The first-order chi connectivity index (χ1) is 9.26. The third-order valence-corrected chi connectivity index (χ3v) is 4.48. The Hall–Kier alpha value is -1.19. The Bertz CT molecular complexity index is 591. The fourth-order valence-corrected chi connectivity index (χ4v) is 2.71. The number of hydrogen-bond acceptors (Lipinski definition) is 5. The molecule has 0 aliphatic carbocycles. The van der Waals surface area contributed by atoms with Crippen LogP contribution in [0.4, 0.5) is 5.69 Å². The number of methoxy groups -OCH3 is 1. The lowest BCUT2D eigenvalue weighted by molar-refractivity contribution is -0.140. The second-order valence-corrected chi connectivity index (χ2v) is 6.61. The zero-order chi connectivity index (χ0) is 15.3. The van der Waals surface area contributed by atoms with Gasteiger partial charge >= 0.3 is 16.2 Å². The molecular weight excluding hydrogens is 350 g/mol. The molecule has 9 heteroatoms. The summed E-state index contributed by atoms with van der Waals surface area (Å²) in [7, 11) is -1.09. The summed E-state index contributed by atoms with van der Waals surface area (Å²) in [6.07, 6.45) is -0.00845. The molecule has 7 nitrogen and oxygen atoms in total. The second-order valence-electron chi connectivity index (χ2n) is 4.02. The number of hydrogen-bond donors (Lipinski definition) is 1. The van der Waals surface area contributed by atoms with Gasteiger partial charge in [0.05, 0.1) is 24.9 Å². The Balaban J connectivity index is 2.76. The maximum atomic E-state index is 12.1. The molecule has 0 amide bonds. The van der Waals surface area contributed by atoms with Gasteiger partial charge in [-0.2, -0.15) is 12.7 Å². The number of carbonyl (C=O) groups excluding carboxylic acids is 1. The first kappa shape index (κ1) is 16.9. The van der Waals surface area contributed by atoms with Crippen molar-refractivity contribution in [2.75, 3.05) is 25.4 Å². The third-order valence-electron chi connectivity index (χ3n) is 2.56. The number of rotatable bonds is 6. The van der Waals surface area contributed by atoms with Crippen molar-refractivity contribution in [2.24, 2.45) is 0 Å². The normalized spacial score (nSPS) is 11.4. The Morgan fingerprint density at radius 2 is 2.15 bits per heavy atom. The predicted octanol–water partition coefficient (Wildman–Crippen LogP) is 1.30. The number of nitrogens with one attached hydrogen (secondary N) is 1. The van der Waals surface area contributed by atoms with Crippen LogP contribution in [0.2, 0.25) is 0 Å². The zero-order valence-electron chi connectivity index (χ0n) is 11.4. The van der Waals surface area contributed by atoms with Crippen LogP contribution in [0.1, 0.15) is 12.1 Å². The van der Waals surface area contributed by atoms with E-state index in [1.807, 2.05) is 0 Å². The number of nitrogens with zero attached hydrogens (tertiary/aromatic N) is 2. The van der Waals surface area contributed by atoms with Gasteiger partial charge in [0.25, 0.3) is 0 Å². The predicted molar refractivity (Wildman–Crippen MR) is 78.5 cm³/mol. The maximum Gasteiger partial charge on any atom is 0.306 e. The smallest absolute Gasteiger partial charge is 0.306 e. The molecule has 0 radical (unpaired) electrons. The monoisotopic (exact) mass is 365 g/mol. The van der Waals surface area contributed by atoms with E-state index in [0.29, 0.717) is 16.0 Å². The number of esters is 1. The number of halogens is 1. The molecule has 0 unspecified atom stereocenters. The molecule has 1 aromatic rings. The molecule has 1 aromatic heterocycles. The van der Waals surface area contributed by atoms with Crippen LogP contribution in [0.3, 0.4) is 0 Å². The highest BCUT2D eigenvalue weighted by Crippen LogP contribution is 2.18. The number of anilines is 1. The van der Waals surface area contributed by atoms with E-state index in [1.165, 1.54) is 14.2 Å². The number of aromatic nitrogens is 1. The topological polar surface area (TPSA) is 88.6 Å². The summed E-state index contributed by atoms with van der Waals surface area (Å²) in [4.78, 5) is 15.1. The lowest BCUT2D eigenvalue weighted by atomic mass is 10.3. The van der Waals surface area contributed by atoms with Gasteiger partial charge in [-0.05, 0) is 35.0 Å². The van der Waals surface area contributed by atoms with Gasteiger partial charge in [0.2, 0.25) is 0 Å². The van der Waals surface area contributed by atoms with Crippen molar-refractivity contribution < 1.29 is 17.9 Å². The highest BCUT2D eigenvalue weighted by molar-refractivity contribution is 9.10. The van der Waals surface area contributed by atoms with Crippen molar-refractivity contribution in [3.63, 3.8) is 0 Å². The fraction of sp³-hybridized carbons (Fsp3) is 0.455. The van der Waals surface area contributed by atoms with E-state index in [1.54, 1.807) is 19.1 Å². The Morgan fingerprint density at radius 1 is 1.50 bits per heavy atom. The van der Waals surface area contributed by atoms with Crippen LogP contribution < -0.4 is 4.72 Å². The summed E-state index contributed by atoms with van der Waals surface area (Å²) >= 11 is 3.20. The summed E-state index contributed by atoms with van der Waals surface area (Å²) < 4.78 is 32.7. The van der Waals surface area contributed by atoms with Crippen LogP contribution in [0.5, 0.6) is 0 Å². The first-order valence-corrected chi connectivity index (χ1v) is 7.93. The molecule has 0 atom stereocenters. The highest BCUT2D eigenvalue weighted by atomic mass is 79.9. The minimum atomic E-state index is -3.73. The molecule has 112 valence electrons. The van der Waals surface area contributed by atoms with Crippen molar-refractivity contribution in [1.29, 1.82) is 0 Å². The Kier molecular flexibility index (Phi) is 5.90. The molecule has 1 heterocycles. The molecule has 0 aliphatic rings. The van der Waals surface area contributed by atoms with E-state index >= 15 is 0 Å². The van der Waals surface area contributed by atoms with Crippen molar-refractivity contribution in [2.45, 2.75) is 13.3 Å². The Morgan fingerprint density at radius 3 is 2.70 bits per heavy atom. The highest BCUT2D eigenvalue weighted by Gasteiger charge is 2.19. The fourth-order valence-electron chi connectivity index (χ4n) is 1.33. The number of pyridine rings is 1. The SMILES string of the molecule is COC(=O)CCN(C)S(=O)(=O)Nc1ccc(Br)nc1C. The van der Waals surface area contributed by atoms with Gasteiger partial charge in [-0.1, -0.05) is 0 Å². The van der Waals surface area contributed by atoms with Gasteiger partial charge < -0.3 is 4.74 Å². The minimum absolute atomic E-state index is 0.00845. The van der Waals surface area contributed by atoms with Gasteiger partial charge in [0, 0.05) is 13.6 Å². The lowest BCUT2D eigenvalue weighted by Gasteiger charge is -2.18. The van der Waals surface area contributed by atoms with Crippen LogP contribution in [-0.4, -0.2) is 44.4 Å².